The standard InChI is InChI=1S/C19H23ClN2O/c1-4-18(15-5-9-16(20)10-6-15)22-19(23)21-17-11-7-14(8-12-17)13(2)3/h5-13,18H,4H2,1-3H3,(H2,21,22,23)/t18-/m0/s1. The maximum Gasteiger partial charge on any atom is 0.319 e. The van der Waals surface area contributed by atoms with E-state index in [0.29, 0.717) is 10.9 Å². The van der Waals surface area contributed by atoms with Crippen molar-refractivity contribution in [1.82, 2.24) is 5.32 Å². The molecule has 23 heavy (non-hydrogen) atoms. The Morgan fingerprint density at radius 1 is 1.00 bits per heavy atom. The van der Waals surface area contributed by atoms with Crippen LogP contribution in [-0.2, 0) is 0 Å². The van der Waals surface area contributed by atoms with Gasteiger partial charge in [-0.2, -0.15) is 0 Å². The molecule has 0 aliphatic carbocycles. The number of hydrogen-bond donors (Lipinski definition) is 2. The lowest BCUT2D eigenvalue weighted by Crippen LogP contribution is -2.32. The second-order valence-corrected chi connectivity index (χ2v) is 6.32. The molecule has 2 aromatic rings. The number of amides is 2. The highest BCUT2D eigenvalue weighted by Gasteiger charge is 2.12. The van der Waals surface area contributed by atoms with Crippen LogP contribution in [0, 0.1) is 0 Å². The Morgan fingerprint density at radius 3 is 2.09 bits per heavy atom. The second-order valence-electron chi connectivity index (χ2n) is 5.89. The quantitative estimate of drug-likeness (QED) is 0.721. The molecule has 0 aromatic heterocycles. The first-order valence-corrected chi connectivity index (χ1v) is 8.30. The van der Waals surface area contributed by atoms with E-state index in [9.17, 15) is 4.79 Å². The molecule has 0 fully saturated rings. The van der Waals surface area contributed by atoms with E-state index < -0.39 is 0 Å². The Morgan fingerprint density at radius 2 is 1.57 bits per heavy atom. The number of rotatable bonds is 5. The Bertz CT molecular complexity index is 635. The molecule has 2 amide bonds. The third-order valence-electron chi connectivity index (χ3n) is 3.82. The van der Waals surface area contributed by atoms with E-state index in [0.717, 1.165) is 17.7 Å². The van der Waals surface area contributed by atoms with E-state index in [1.807, 2.05) is 55.5 Å². The molecule has 0 aliphatic rings. The van der Waals surface area contributed by atoms with Crippen LogP contribution in [0.3, 0.4) is 0 Å². The molecule has 1 atom stereocenters. The van der Waals surface area contributed by atoms with Gasteiger partial charge in [0, 0.05) is 10.7 Å². The summed E-state index contributed by atoms with van der Waals surface area (Å²) in [4.78, 5) is 12.2. The van der Waals surface area contributed by atoms with E-state index in [4.69, 9.17) is 11.6 Å². The van der Waals surface area contributed by atoms with Gasteiger partial charge in [-0.15, -0.1) is 0 Å². The van der Waals surface area contributed by atoms with Gasteiger partial charge in [-0.05, 0) is 47.7 Å². The van der Waals surface area contributed by atoms with Crippen molar-refractivity contribution in [3.8, 4) is 0 Å². The summed E-state index contributed by atoms with van der Waals surface area (Å²) < 4.78 is 0. The molecule has 0 spiro atoms. The smallest absolute Gasteiger partial charge is 0.319 e. The Balaban J connectivity index is 1.98. The van der Waals surface area contributed by atoms with Gasteiger partial charge in [-0.25, -0.2) is 4.79 Å². The van der Waals surface area contributed by atoms with E-state index in [-0.39, 0.29) is 12.1 Å². The van der Waals surface area contributed by atoms with Gasteiger partial charge in [-0.1, -0.05) is 56.6 Å². The van der Waals surface area contributed by atoms with Crippen molar-refractivity contribution >= 4 is 23.3 Å². The van der Waals surface area contributed by atoms with Crippen molar-refractivity contribution in [2.75, 3.05) is 5.32 Å². The van der Waals surface area contributed by atoms with Gasteiger partial charge >= 0.3 is 6.03 Å². The molecule has 0 saturated heterocycles. The second kappa shape index (κ2) is 8.02. The third kappa shape index (κ3) is 5.00. The van der Waals surface area contributed by atoms with Crippen molar-refractivity contribution in [3.63, 3.8) is 0 Å². The number of benzene rings is 2. The van der Waals surface area contributed by atoms with Crippen molar-refractivity contribution in [2.24, 2.45) is 0 Å². The SMILES string of the molecule is CC[C@H](NC(=O)Nc1ccc(C(C)C)cc1)c1ccc(Cl)cc1. The average Bonchev–Trinajstić information content (AvgIpc) is 2.54. The highest BCUT2D eigenvalue weighted by molar-refractivity contribution is 6.30. The van der Waals surface area contributed by atoms with Crippen LogP contribution in [0.15, 0.2) is 48.5 Å². The van der Waals surface area contributed by atoms with Crippen molar-refractivity contribution in [1.29, 1.82) is 0 Å². The number of carbonyl (C=O) groups excluding carboxylic acids is 1. The van der Waals surface area contributed by atoms with E-state index in [1.165, 1.54) is 5.56 Å². The normalized spacial score (nSPS) is 12.0. The molecule has 4 heteroatoms. The lowest BCUT2D eigenvalue weighted by molar-refractivity contribution is 0.248. The predicted octanol–water partition coefficient (Wildman–Crippen LogP) is 5.74. The molecule has 0 bridgehead atoms. The number of hydrogen-bond acceptors (Lipinski definition) is 1. The fraction of sp³-hybridized carbons (Fsp3) is 0.316. The number of nitrogens with one attached hydrogen (secondary N) is 2. The molecule has 2 rings (SSSR count). The first-order chi connectivity index (χ1) is 11.0. The summed E-state index contributed by atoms with van der Waals surface area (Å²) in [5.41, 5.74) is 3.09. The minimum absolute atomic E-state index is 0.0396. The van der Waals surface area contributed by atoms with Gasteiger partial charge in [0.05, 0.1) is 6.04 Å². The number of urea groups is 1. The average molecular weight is 331 g/mol. The van der Waals surface area contributed by atoms with Gasteiger partial charge in [0.25, 0.3) is 0 Å². The molecule has 0 heterocycles. The van der Waals surface area contributed by atoms with Crippen LogP contribution in [0.4, 0.5) is 10.5 Å². The molecule has 2 aromatic carbocycles. The monoisotopic (exact) mass is 330 g/mol. The van der Waals surface area contributed by atoms with Gasteiger partial charge in [0.15, 0.2) is 0 Å². The zero-order chi connectivity index (χ0) is 16.8. The van der Waals surface area contributed by atoms with Crippen LogP contribution < -0.4 is 10.6 Å². The molecule has 0 saturated carbocycles. The Kier molecular flexibility index (Phi) is 6.05. The minimum Gasteiger partial charge on any atom is -0.331 e. The summed E-state index contributed by atoms with van der Waals surface area (Å²) in [7, 11) is 0. The van der Waals surface area contributed by atoms with Crippen molar-refractivity contribution < 1.29 is 4.79 Å². The minimum atomic E-state index is -0.205. The van der Waals surface area contributed by atoms with E-state index in [1.54, 1.807) is 0 Å². The first-order valence-electron chi connectivity index (χ1n) is 7.92. The lowest BCUT2D eigenvalue weighted by atomic mass is 10.0. The van der Waals surface area contributed by atoms with Gasteiger partial charge < -0.3 is 10.6 Å². The topological polar surface area (TPSA) is 41.1 Å². The molecule has 0 radical (unpaired) electrons. The first kappa shape index (κ1) is 17.4. The zero-order valence-corrected chi connectivity index (χ0v) is 14.5. The highest BCUT2D eigenvalue weighted by Crippen LogP contribution is 2.20. The number of anilines is 1. The van der Waals surface area contributed by atoms with Crippen LogP contribution in [0.1, 0.15) is 50.3 Å². The largest absolute Gasteiger partial charge is 0.331 e. The van der Waals surface area contributed by atoms with Crippen LogP contribution in [0.25, 0.3) is 0 Å². The van der Waals surface area contributed by atoms with Gasteiger partial charge in [-0.3, -0.25) is 0 Å². The highest BCUT2D eigenvalue weighted by atomic mass is 35.5. The Hall–Kier alpha value is -2.00. The summed E-state index contributed by atoms with van der Waals surface area (Å²) in [6.45, 7) is 6.33. The molecule has 2 N–H and O–H groups in total. The molecular weight excluding hydrogens is 308 g/mol. The van der Waals surface area contributed by atoms with Crippen LogP contribution >= 0.6 is 11.6 Å². The van der Waals surface area contributed by atoms with E-state index in [2.05, 4.69) is 24.5 Å². The predicted molar refractivity (Wildman–Crippen MR) is 97.2 cm³/mol. The van der Waals surface area contributed by atoms with E-state index >= 15 is 0 Å². The fourth-order valence-electron chi connectivity index (χ4n) is 2.39. The van der Waals surface area contributed by atoms with Gasteiger partial charge in [0.2, 0.25) is 0 Å². The summed E-state index contributed by atoms with van der Waals surface area (Å²) in [5.74, 6) is 0.479. The molecule has 0 unspecified atom stereocenters. The molecular formula is C19H23ClN2O. The maximum atomic E-state index is 12.2. The van der Waals surface area contributed by atoms with Crippen LogP contribution in [-0.4, -0.2) is 6.03 Å². The summed E-state index contributed by atoms with van der Waals surface area (Å²) >= 11 is 5.91. The molecule has 122 valence electrons. The van der Waals surface area contributed by atoms with Crippen molar-refractivity contribution in [3.05, 3.63) is 64.7 Å². The van der Waals surface area contributed by atoms with Crippen molar-refractivity contribution in [2.45, 2.75) is 39.2 Å². The molecule has 0 aliphatic heterocycles. The fourth-order valence-corrected chi connectivity index (χ4v) is 2.52. The van der Waals surface area contributed by atoms with Gasteiger partial charge in [0.1, 0.15) is 0 Å². The summed E-state index contributed by atoms with van der Waals surface area (Å²) in [6, 6.07) is 15.2. The van der Waals surface area contributed by atoms with Crippen LogP contribution in [0.2, 0.25) is 5.02 Å². The molecule has 3 nitrogen and oxygen atoms in total. The van der Waals surface area contributed by atoms with Crippen LogP contribution in [0.5, 0.6) is 0 Å². The summed E-state index contributed by atoms with van der Waals surface area (Å²) in [5, 5.41) is 6.57. The number of carbonyl (C=O) groups is 1. The number of halogens is 1. The summed E-state index contributed by atoms with van der Waals surface area (Å²) in [6.07, 6.45) is 0.807. The lowest BCUT2D eigenvalue weighted by Gasteiger charge is -2.18. The maximum absolute atomic E-state index is 12.2. The zero-order valence-electron chi connectivity index (χ0n) is 13.8. The Labute approximate surface area is 143 Å². The third-order valence-corrected chi connectivity index (χ3v) is 4.07.